The molecule has 2 atom stereocenters. The van der Waals surface area contributed by atoms with Crippen molar-refractivity contribution in [2.24, 2.45) is 5.92 Å². The van der Waals surface area contributed by atoms with E-state index >= 15 is 0 Å². The van der Waals surface area contributed by atoms with Gasteiger partial charge in [0.2, 0.25) is 0 Å². The Morgan fingerprint density at radius 1 is 1.37 bits per heavy atom. The average molecular weight is 330 g/mol. The van der Waals surface area contributed by atoms with E-state index in [1.165, 1.54) is 18.2 Å². The predicted octanol–water partition coefficient (Wildman–Crippen LogP) is 2.57. The maximum atomic E-state index is 13.1. The van der Waals surface area contributed by atoms with Gasteiger partial charge in [-0.2, -0.15) is 0 Å². The van der Waals surface area contributed by atoms with Crippen LogP contribution in [-0.4, -0.2) is 23.0 Å². The second-order valence-corrected chi connectivity index (χ2v) is 5.50. The normalized spacial score (nSPS) is 22.2. The van der Waals surface area contributed by atoms with Crippen molar-refractivity contribution in [1.82, 2.24) is 5.32 Å². The second-order valence-electron chi connectivity index (χ2n) is 4.65. The van der Waals surface area contributed by atoms with Gasteiger partial charge < -0.3 is 10.4 Å². The molecule has 0 bridgehead atoms. The van der Waals surface area contributed by atoms with Gasteiger partial charge in [0, 0.05) is 11.6 Å². The molecule has 1 saturated carbocycles. The Kier molecular flexibility index (Phi) is 4.19. The Bertz CT molecular complexity index is 521. The van der Waals surface area contributed by atoms with E-state index in [0.717, 1.165) is 0 Å². The molecule has 2 rings (SSSR count). The molecular weight excluding hydrogens is 317 g/mol. The molecular formula is C13H13BrFNO3. The lowest BCUT2D eigenvalue weighted by molar-refractivity contribution is -0.141. The molecule has 0 radical (unpaired) electrons. The number of amides is 1. The molecule has 2 N–H and O–H groups in total. The lowest BCUT2D eigenvalue weighted by atomic mass is 10.1. The highest BCUT2D eigenvalue weighted by Crippen LogP contribution is 2.26. The van der Waals surface area contributed by atoms with Gasteiger partial charge in [-0.05, 0) is 53.4 Å². The summed E-state index contributed by atoms with van der Waals surface area (Å²) in [4.78, 5) is 22.8. The third-order valence-corrected chi connectivity index (χ3v) is 3.91. The number of carboxylic acid groups (broad SMARTS) is 1. The van der Waals surface area contributed by atoms with Crippen LogP contribution in [0.3, 0.4) is 0 Å². The van der Waals surface area contributed by atoms with Crippen LogP contribution in [0.1, 0.15) is 29.6 Å². The monoisotopic (exact) mass is 329 g/mol. The topological polar surface area (TPSA) is 66.4 Å². The number of carboxylic acids is 1. The summed E-state index contributed by atoms with van der Waals surface area (Å²) < 4.78 is 13.3. The fraction of sp³-hybridized carbons (Fsp3) is 0.385. The SMILES string of the molecule is O=C(NC1CCC(C(=O)O)C1)c1ccc(F)c(Br)c1. The zero-order valence-corrected chi connectivity index (χ0v) is 11.6. The van der Waals surface area contributed by atoms with Gasteiger partial charge in [0.1, 0.15) is 5.82 Å². The molecule has 19 heavy (non-hydrogen) atoms. The van der Waals surface area contributed by atoms with Crippen LogP contribution in [0.4, 0.5) is 4.39 Å². The first-order valence-corrected chi connectivity index (χ1v) is 6.75. The van der Waals surface area contributed by atoms with E-state index in [-0.39, 0.29) is 22.3 Å². The van der Waals surface area contributed by atoms with E-state index in [1.807, 2.05) is 0 Å². The van der Waals surface area contributed by atoms with Crippen molar-refractivity contribution in [2.75, 3.05) is 0 Å². The van der Waals surface area contributed by atoms with Crippen molar-refractivity contribution in [3.63, 3.8) is 0 Å². The summed E-state index contributed by atoms with van der Waals surface area (Å²) in [5.41, 5.74) is 0.354. The van der Waals surface area contributed by atoms with E-state index in [4.69, 9.17) is 5.11 Å². The van der Waals surface area contributed by atoms with Crippen molar-refractivity contribution < 1.29 is 19.1 Å². The van der Waals surface area contributed by atoms with Crippen LogP contribution in [0.5, 0.6) is 0 Å². The third-order valence-electron chi connectivity index (χ3n) is 3.30. The maximum absolute atomic E-state index is 13.1. The van der Waals surface area contributed by atoms with Gasteiger partial charge in [0.15, 0.2) is 0 Å². The van der Waals surface area contributed by atoms with Gasteiger partial charge in [0.05, 0.1) is 10.4 Å². The Morgan fingerprint density at radius 3 is 2.68 bits per heavy atom. The highest BCUT2D eigenvalue weighted by molar-refractivity contribution is 9.10. The summed E-state index contributed by atoms with van der Waals surface area (Å²) in [5, 5.41) is 11.7. The predicted molar refractivity (Wildman–Crippen MR) is 70.3 cm³/mol. The largest absolute Gasteiger partial charge is 0.481 e. The van der Waals surface area contributed by atoms with Crippen LogP contribution in [0.2, 0.25) is 0 Å². The van der Waals surface area contributed by atoms with Crippen LogP contribution in [0.15, 0.2) is 22.7 Å². The van der Waals surface area contributed by atoms with E-state index in [1.54, 1.807) is 0 Å². The van der Waals surface area contributed by atoms with Gasteiger partial charge in [-0.3, -0.25) is 9.59 Å². The van der Waals surface area contributed by atoms with Gasteiger partial charge in [-0.25, -0.2) is 4.39 Å². The molecule has 1 aromatic rings. The number of hydrogen-bond donors (Lipinski definition) is 2. The molecule has 0 aliphatic heterocycles. The fourth-order valence-electron chi connectivity index (χ4n) is 2.24. The molecule has 102 valence electrons. The molecule has 0 saturated heterocycles. The Hall–Kier alpha value is -1.43. The first kappa shape index (κ1) is 14.0. The minimum atomic E-state index is -0.818. The molecule has 6 heteroatoms. The summed E-state index contributed by atoms with van der Waals surface area (Å²) in [6.07, 6.45) is 1.68. The van der Waals surface area contributed by atoms with E-state index < -0.39 is 11.8 Å². The molecule has 1 aromatic carbocycles. The number of halogens is 2. The average Bonchev–Trinajstić information content (AvgIpc) is 2.81. The molecule has 0 aromatic heterocycles. The molecule has 4 nitrogen and oxygen atoms in total. The van der Waals surface area contributed by atoms with Crippen LogP contribution < -0.4 is 5.32 Å². The number of benzene rings is 1. The second kappa shape index (κ2) is 5.69. The van der Waals surface area contributed by atoms with Crippen molar-refractivity contribution in [1.29, 1.82) is 0 Å². The van der Waals surface area contributed by atoms with Crippen LogP contribution in [0.25, 0.3) is 0 Å². The molecule has 0 spiro atoms. The molecule has 1 fully saturated rings. The zero-order valence-electron chi connectivity index (χ0n) is 10.0. The first-order chi connectivity index (χ1) is 8.97. The van der Waals surface area contributed by atoms with Crippen LogP contribution >= 0.6 is 15.9 Å². The Morgan fingerprint density at radius 2 is 2.11 bits per heavy atom. The first-order valence-electron chi connectivity index (χ1n) is 5.96. The fourth-order valence-corrected chi connectivity index (χ4v) is 2.62. The maximum Gasteiger partial charge on any atom is 0.306 e. The summed E-state index contributed by atoms with van der Waals surface area (Å²) >= 11 is 3.02. The van der Waals surface area contributed by atoms with E-state index in [2.05, 4.69) is 21.2 Å². The van der Waals surface area contributed by atoms with Crippen molar-refractivity contribution in [3.05, 3.63) is 34.1 Å². The number of nitrogens with one attached hydrogen (secondary N) is 1. The van der Waals surface area contributed by atoms with Gasteiger partial charge in [-0.1, -0.05) is 0 Å². The standard InChI is InChI=1S/C13H13BrFNO3/c14-10-6-7(2-4-11(10)15)12(17)16-9-3-1-8(5-9)13(18)19/h2,4,6,8-9H,1,3,5H2,(H,16,17)(H,18,19). The zero-order chi connectivity index (χ0) is 14.0. The number of hydrogen-bond acceptors (Lipinski definition) is 2. The van der Waals surface area contributed by atoms with Crippen molar-refractivity contribution >= 4 is 27.8 Å². The van der Waals surface area contributed by atoms with Crippen LogP contribution in [-0.2, 0) is 4.79 Å². The van der Waals surface area contributed by atoms with E-state index in [9.17, 15) is 14.0 Å². The quantitative estimate of drug-likeness (QED) is 0.895. The lowest BCUT2D eigenvalue weighted by Gasteiger charge is -2.12. The number of rotatable bonds is 3. The third kappa shape index (κ3) is 3.32. The highest BCUT2D eigenvalue weighted by Gasteiger charge is 2.30. The lowest BCUT2D eigenvalue weighted by Crippen LogP contribution is -2.33. The minimum absolute atomic E-state index is 0.127. The van der Waals surface area contributed by atoms with Gasteiger partial charge in [0.25, 0.3) is 5.91 Å². The summed E-state index contributed by atoms with van der Waals surface area (Å²) in [5.74, 6) is -1.94. The number of carbonyl (C=O) groups is 2. The minimum Gasteiger partial charge on any atom is -0.481 e. The summed E-state index contributed by atoms with van der Waals surface area (Å²) in [6.45, 7) is 0. The Balaban J connectivity index is 1.98. The summed E-state index contributed by atoms with van der Waals surface area (Å²) in [6, 6.07) is 3.90. The van der Waals surface area contributed by atoms with Gasteiger partial charge in [-0.15, -0.1) is 0 Å². The Labute approximate surface area is 118 Å². The molecule has 1 aliphatic carbocycles. The molecule has 0 heterocycles. The molecule has 1 amide bonds. The summed E-state index contributed by atoms with van der Waals surface area (Å²) in [7, 11) is 0. The van der Waals surface area contributed by atoms with Crippen LogP contribution in [0, 0.1) is 11.7 Å². The highest BCUT2D eigenvalue weighted by atomic mass is 79.9. The number of aliphatic carboxylic acids is 1. The number of carbonyl (C=O) groups excluding carboxylic acids is 1. The molecule has 2 unspecified atom stereocenters. The van der Waals surface area contributed by atoms with Crippen molar-refractivity contribution in [2.45, 2.75) is 25.3 Å². The van der Waals surface area contributed by atoms with Gasteiger partial charge >= 0.3 is 5.97 Å². The smallest absolute Gasteiger partial charge is 0.306 e. The molecule has 1 aliphatic rings. The van der Waals surface area contributed by atoms with E-state index in [0.29, 0.717) is 24.8 Å². The van der Waals surface area contributed by atoms with Crippen molar-refractivity contribution in [3.8, 4) is 0 Å².